The number of rotatable bonds is 7. The lowest BCUT2D eigenvalue weighted by molar-refractivity contribution is -0.154. The van der Waals surface area contributed by atoms with Crippen molar-refractivity contribution in [2.24, 2.45) is 5.16 Å². The maximum Gasteiger partial charge on any atom is 0.350 e. The van der Waals surface area contributed by atoms with E-state index in [1.165, 1.54) is 13.0 Å². The molecule has 0 saturated carbocycles. The minimum absolute atomic E-state index is 0.0940. The van der Waals surface area contributed by atoms with Gasteiger partial charge >= 0.3 is 11.9 Å². The van der Waals surface area contributed by atoms with Crippen LogP contribution in [0, 0.1) is 0 Å². The van der Waals surface area contributed by atoms with E-state index in [4.69, 9.17) is 19.4 Å². The van der Waals surface area contributed by atoms with Gasteiger partial charge in [0.15, 0.2) is 0 Å². The summed E-state index contributed by atoms with van der Waals surface area (Å²) in [6.45, 7) is 6.66. The largest absolute Gasteiger partial charge is 0.459 e. The monoisotopic (exact) mass is 285 g/mol. The summed E-state index contributed by atoms with van der Waals surface area (Å²) in [5.74, 6) is -1.07. The van der Waals surface area contributed by atoms with Crippen molar-refractivity contribution in [3.05, 3.63) is 12.7 Å². The van der Waals surface area contributed by atoms with E-state index >= 15 is 0 Å². The Labute approximate surface area is 117 Å². The average molecular weight is 285 g/mol. The van der Waals surface area contributed by atoms with Crippen molar-refractivity contribution in [3.63, 3.8) is 0 Å². The zero-order valence-electron chi connectivity index (χ0n) is 11.6. The molecule has 0 bridgehead atoms. The third-order valence-electron chi connectivity index (χ3n) is 2.54. The average Bonchev–Trinajstić information content (AvgIpc) is 2.84. The van der Waals surface area contributed by atoms with Crippen LogP contribution in [0.4, 0.5) is 0 Å². The Bertz CT molecular complexity index is 404. The predicted octanol–water partition coefficient (Wildman–Crippen LogP) is 0.563. The Morgan fingerprint density at radius 3 is 2.90 bits per heavy atom. The summed E-state index contributed by atoms with van der Waals surface area (Å²) < 4.78 is 9.92. The molecule has 0 aromatic carbocycles. The van der Waals surface area contributed by atoms with Gasteiger partial charge in [0.05, 0.1) is 12.5 Å². The molecular formula is C13H19NO6. The van der Waals surface area contributed by atoms with Gasteiger partial charge in [-0.3, -0.25) is 4.79 Å². The normalized spacial score (nSPS) is 20.4. The summed E-state index contributed by atoms with van der Waals surface area (Å²) in [4.78, 5) is 27.9. The molecule has 0 spiro atoms. The third kappa shape index (κ3) is 5.00. The molecule has 0 unspecified atom stereocenters. The minimum Gasteiger partial charge on any atom is -0.459 e. The van der Waals surface area contributed by atoms with Crippen molar-refractivity contribution in [1.82, 2.24) is 0 Å². The van der Waals surface area contributed by atoms with Crippen molar-refractivity contribution in [3.8, 4) is 0 Å². The minimum atomic E-state index is -0.817. The molecular weight excluding hydrogens is 266 g/mol. The number of esters is 2. The van der Waals surface area contributed by atoms with E-state index in [0.717, 1.165) is 0 Å². The first-order valence-corrected chi connectivity index (χ1v) is 6.31. The molecule has 0 saturated heterocycles. The molecule has 7 heteroatoms. The standard InChI is InChI=1S/C13H19NO6/c1-4-5-18-13(17)11-7-10(14-20-11)9(3)19-12(16)6-8(2)15/h4,8-9,11,15H,1,5-7H2,2-3H3/t8-,9-,11-/m0/s1. The lowest BCUT2D eigenvalue weighted by atomic mass is 10.1. The first-order valence-electron chi connectivity index (χ1n) is 6.31. The molecule has 1 aliphatic rings. The molecule has 0 aromatic heterocycles. The van der Waals surface area contributed by atoms with Gasteiger partial charge < -0.3 is 19.4 Å². The number of carbonyl (C=O) groups excluding carboxylic acids is 2. The Balaban J connectivity index is 2.40. The number of aliphatic hydroxyl groups is 1. The van der Waals surface area contributed by atoms with Gasteiger partial charge in [0, 0.05) is 6.42 Å². The van der Waals surface area contributed by atoms with Crippen molar-refractivity contribution < 1.29 is 29.0 Å². The molecule has 0 aromatic rings. The Morgan fingerprint density at radius 2 is 2.30 bits per heavy atom. The topological polar surface area (TPSA) is 94.4 Å². The fourth-order valence-electron chi connectivity index (χ4n) is 1.55. The lowest BCUT2D eigenvalue weighted by Gasteiger charge is -2.13. The van der Waals surface area contributed by atoms with Crippen LogP contribution in [0.5, 0.6) is 0 Å². The molecule has 1 aliphatic heterocycles. The van der Waals surface area contributed by atoms with Crippen LogP contribution in [0.3, 0.4) is 0 Å². The van der Waals surface area contributed by atoms with Gasteiger partial charge in [-0.2, -0.15) is 0 Å². The zero-order valence-corrected chi connectivity index (χ0v) is 11.6. The molecule has 7 nitrogen and oxygen atoms in total. The molecule has 1 heterocycles. The van der Waals surface area contributed by atoms with E-state index in [-0.39, 0.29) is 19.4 Å². The Kier molecular flexibility index (Phi) is 6.17. The molecule has 1 N–H and O–H groups in total. The van der Waals surface area contributed by atoms with Crippen molar-refractivity contribution in [2.45, 2.75) is 45.0 Å². The number of hydrogen-bond acceptors (Lipinski definition) is 7. The quantitative estimate of drug-likeness (QED) is 0.542. The molecule has 1 rings (SSSR count). The maximum absolute atomic E-state index is 11.5. The fourth-order valence-corrected chi connectivity index (χ4v) is 1.55. The smallest absolute Gasteiger partial charge is 0.350 e. The predicted molar refractivity (Wildman–Crippen MR) is 69.9 cm³/mol. The summed E-state index contributed by atoms with van der Waals surface area (Å²) in [7, 11) is 0. The highest BCUT2D eigenvalue weighted by Gasteiger charge is 2.33. The molecule has 0 aliphatic carbocycles. The van der Waals surface area contributed by atoms with E-state index in [1.54, 1.807) is 6.92 Å². The Hall–Kier alpha value is -1.89. The SMILES string of the molecule is C=CCOC(=O)[C@@H]1CC([C@H](C)OC(=O)C[C@H](C)O)=NO1. The molecule has 0 fully saturated rings. The van der Waals surface area contributed by atoms with Crippen LogP contribution in [0.15, 0.2) is 17.8 Å². The van der Waals surface area contributed by atoms with E-state index in [1.807, 2.05) is 0 Å². The van der Waals surface area contributed by atoms with Crippen LogP contribution in [0.2, 0.25) is 0 Å². The first-order chi connectivity index (χ1) is 9.43. The number of nitrogens with zero attached hydrogens (tertiary/aromatic N) is 1. The van der Waals surface area contributed by atoms with Gasteiger partial charge in [-0.1, -0.05) is 17.8 Å². The van der Waals surface area contributed by atoms with Crippen LogP contribution < -0.4 is 0 Å². The van der Waals surface area contributed by atoms with Crippen molar-refractivity contribution in [2.75, 3.05) is 6.61 Å². The van der Waals surface area contributed by atoms with Crippen LogP contribution in [0.1, 0.15) is 26.7 Å². The molecule has 0 radical (unpaired) electrons. The third-order valence-corrected chi connectivity index (χ3v) is 2.54. The molecule has 20 heavy (non-hydrogen) atoms. The van der Waals surface area contributed by atoms with Gasteiger partial charge in [0.25, 0.3) is 0 Å². The van der Waals surface area contributed by atoms with Gasteiger partial charge in [-0.25, -0.2) is 4.79 Å². The highest BCUT2D eigenvalue weighted by molar-refractivity contribution is 5.94. The lowest BCUT2D eigenvalue weighted by Crippen LogP contribution is -2.28. The second-order valence-electron chi connectivity index (χ2n) is 4.48. The zero-order chi connectivity index (χ0) is 15.1. The number of aliphatic hydroxyl groups excluding tert-OH is 1. The van der Waals surface area contributed by atoms with Gasteiger partial charge in [-0.05, 0) is 13.8 Å². The van der Waals surface area contributed by atoms with E-state index in [9.17, 15) is 9.59 Å². The fraction of sp³-hybridized carbons (Fsp3) is 0.615. The number of ether oxygens (including phenoxy) is 2. The summed E-state index contributed by atoms with van der Waals surface area (Å²) in [6.07, 6.45) is -0.628. The van der Waals surface area contributed by atoms with Crippen LogP contribution in [-0.4, -0.2) is 47.7 Å². The highest BCUT2D eigenvalue weighted by Crippen LogP contribution is 2.16. The van der Waals surface area contributed by atoms with E-state index in [2.05, 4.69) is 11.7 Å². The second-order valence-corrected chi connectivity index (χ2v) is 4.48. The van der Waals surface area contributed by atoms with Crippen LogP contribution >= 0.6 is 0 Å². The summed E-state index contributed by atoms with van der Waals surface area (Å²) >= 11 is 0. The molecule has 112 valence electrons. The van der Waals surface area contributed by atoms with Crippen LogP contribution in [0.25, 0.3) is 0 Å². The van der Waals surface area contributed by atoms with E-state index < -0.39 is 30.3 Å². The maximum atomic E-state index is 11.5. The van der Waals surface area contributed by atoms with E-state index in [0.29, 0.717) is 5.71 Å². The Morgan fingerprint density at radius 1 is 1.60 bits per heavy atom. The summed E-state index contributed by atoms with van der Waals surface area (Å²) in [5, 5.41) is 12.8. The first kappa shape index (κ1) is 16.2. The number of hydrogen-bond donors (Lipinski definition) is 1. The molecule has 0 amide bonds. The highest BCUT2D eigenvalue weighted by atomic mass is 16.7. The van der Waals surface area contributed by atoms with Gasteiger partial charge in [0.1, 0.15) is 18.4 Å². The summed E-state index contributed by atoms with van der Waals surface area (Å²) in [5.41, 5.74) is 0.449. The summed E-state index contributed by atoms with van der Waals surface area (Å²) in [6, 6.07) is 0. The molecule has 3 atom stereocenters. The van der Waals surface area contributed by atoms with Crippen molar-refractivity contribution >= 4 is 17.7 Å². The van der Waals surface area contributed by atoms with Gasteiger partial charge in [-0.15, -0.1) is 0 Å². The number of carbonyl (C=O) groups is 2. The van der Waals surface area contributed by atoms with Gasteiger partial charge in [0.2, 0.25) is 6.10 Å². The second kappa shape index (κ2) is 7.64. The van der Waals surface area contributed by atoms with Crippen LogP contribution in [-0.2, 0) is 23.9 Å². The number of oxime groups is 1. The van der Waals surface area contributed by atoms with Crippen molar-refractivity contribution in [1.29, 1.82) is 0 Å².